The molecule has 0 radical (unpaired) electrons. The summed E-state index contributed by atoms with van der Waals surface area (Å²) in [7, 11) is 0. The predicted molar refractivity (Wildman–Crippen MR) is 107 cm³/mol. The Morgan fingerprint density at radius 2 is 1.70 bits per heavy atom. The fraction of sp³-hybridized carbons (Fsp3) is 0.150. The largest absolute Gasteiger partial charge is 0.478 e. The third-order valence-electron chi connectivity index (χ3n) is 3.75. The van der Waals surface area contributed by atoms with Crippen molar-refractivity contribution in [2.75, 3.05) is 16.4 Å². The monoisotopic (exact) mass is 384 g/mol. The van der Waals surface area contributed by atoms with Crippen molar-refractivity contribution in [2.24, 2.45) is 0 Å². The van der Waals surface area contributed by atoms with E-state index in [9.17, 15) is 14.4 Å². The number of amides is 2. The van der Waals surface area contributed by atoms with Crippen LogP contribution in [0, 0.1) is 13.8 Å². The summed E-state index contributed by atoms with van der Waals surface area (Å²) in [6.07, 6.45) is 1.72. The molecule has 140 valence electrons. The molecule has 2 amide bonds. The molecule has 2 rings (SSSR count). The van der Waals surface area contributed by atoms with E-state index >= 15 is 0 Å². The number of carboxylic acids is 1. The Labute approximate surface area is 161 Å². The molecule has 0 saturated carbocycles. The molecular weight excluding hydrogens is 364 g/mol. The van der Waals surface area contributed by atoms with Crippen molar-refractivity contribution in [3.05, 3.63) is 65.7 Å². The van der Waals surface area contributed by atoms with Crippen molar-refractivity contribution in [3.63, 3.8) is 0 Å². The molecule has 0 bridgehead atoms. The smallest absolute Gasteiger partial charge is 0.328 e. The van der Waals surface area contributed by atoms with Crippen LogP contribution in [0.25, 0.3) is 0 Å². The van der Waals surface area contributed by atoms with Crippen molar-refractivity contribution < 1.29 is 19.5 Å². The Hall–Kier alpha value is -3.06. The van der Waals surface area contributed by atoms with Gasteiger partial charge in [-0.05, 0) is 55.3 Å². The molecule has 0 aliphatic carbocycles. The zero-order valence-corrected chi connectivity index (χ0v) is 15.8. The number of hydrogen-bond donors (Lipinski definition) is 3. The molecule has 3 N–H and O–H groups in total. The van der Waals surface area contributed by atoms with E-state index in [-0.39, 0.29) is 11.7 Å². The molecular formula is C20H20N2O4S. The summed E-state index contributed by atoms with van der Waals surface area (Å²) in [6.45, 7) is 3.97. The van der Waals surface area contributed by atoms with Gasteiger partial charge in [-0.3, -0.25) is 9.59 Å². The van der Waals surface area contributed by atoms with Crippen LogP contribution in [0.1, 0.15) is 11.1 Å². The quantitative estimate of drug-likeness (QED) is 0.501. The average Bonchev–Trinajstić information content (AvgIpc) is 2.63. The SMILES string of the molecule is Cc1cccc(NC(=O)CSc2ccc(NC(=O)/C=C/C(=O)O)cc2)c1C. The van der Waals surface area contributed by atoms with Crippen LogP contribution in [-0.4, -0.2) is 28.6 Å². The Kier molecular flexibility index (Phi) is 7.19. The normalized spacial score (nSPS) is 10.6. The number of carboxylic acid groups (broad SMARTS) is 1. The van der Waals surface area contributed by atoms with Crippen molar-refractivity contribution >= 4 is 40.9 Å². The van der Waals surface area contributed by atoms with Gasteiger partial charge in [0.05, 0.1) is 5.75 Å². The summed E-state index contributed by atoms with van der Waals surface area (Å²) >= 11 is 1.38. The molecule has 0 heterocycles. The molecule has 0 atom stereocenters. The standard InChI is InChI=1S/C20H20N2O4S/c1-13-4-3-5-17(14(13)2)22-19(24)12-27-16-8-6-15(7-9-16)21-18(23)10-11-20(25)26/h3-11H,12H2,1-2H3,(H,21,23)(H,22,24)(H,25,26)/b11-10+. The van der Waals surface area contributed by atoms with Crippen molar-refractivity contribution in [3.8, 4) is 0 Å². The molecule has 2 aromatic rings. The summed E-state index contributed by atoms with van der Waals surface area (Å²) in [5, 5.41) is 14.0. The minimum Gasteiger partial charge on any atom is -0.478 e. The number of aryl methyl sites for hydroxylation is 1. The Morgan fingerprint density at radius 3 is 2.37 bits per heavy atom. The third kappa shape index (κ3) is 6.63. The van der Waals surface area contributed by atoms with Gasteiger partial charge < -0.3 is 15.7 Å². The van der Waals surface area contributed by atoms with Gasteiger partial charge in [0.15, 0.2) is 0 Å². The number of carbonyl (C=O) groups is 3. The zero-order chi connectivity index (χ0) is 19.8. The van der Waals surface area contributed by atoms with Crippen LogP contribution in [0.2, 0.25) is 0 Å². The van der Waals surface area contributed by atoms with E-state index in [0.717, 1.165) is 33.9 Å². The van der Waals surface area contributed by atoms with Crippen molar-refractivity contribution in [1.82, 2.24) is 0 Å². The molecule has 0 fully saturated rings. The van der Waals surface area contributed by atoms with Gasteiger partial charge in [0.2, 0.25) is 11.8 Å². The number of hydrogen-bond acceptors (Lipinski definition) is 4. The molecule has 0 aromatic heterocycles. The number of anilines is 2. The molecule has 0 saturated heterocycles. The number of benzene rings is 2. The second-order valence-electron chi connectivity index (χ2n) is 5.77. The predicted octanol–water partition coefficient (Wildman–Crippen LogP) is 3.61. The number of nitrogens with one attached hydrogen (secondary N) is 2. The van der Waals surface area contributed by atoms with Gasteiger partial charge in [-0.2, -0.15) is 0 Å². The summed E-state index contributed by atoms with van der Waals surface area (Å²) in [5.74, 6) is -1.54. The number of aliphatic carboxylic acids is 1. The van der Waals surface area contributed by atoms with Crippen LogP contribution < -0.4 is 10.6 Å². The van der Waals surface area contributed by atoms with Crippen LogP contribution in [0.4, 0.5) is 11.4 Å². The number of thioether (sulfide) groups is 1. The molecule has 2 aromatic carbocycles. The summed E-state index contributed by atoms with van der Waals surface area (Å²) in [6, 6.07) is 12.7. The van der Waals surface area contributed by atoms with Gasteiger partial charge in [-0.15, -0.1) is 11.8 Å². The lowest BCUT2D eigenvalue weighted by Gasteiger charge is -2.10. The van der Waals surface area contributed by atoms with Crippen LogP contribution in [-0.2, 0) is 14.4 Å². The average molecular weight is 384 g/mol. The lowest BCUT2D eigenvalue weighted by atomic mass is 10.1. The second-order valence-corrected chi connectivity index (χ2v) is 6.82. The van der Waals surface area contributed by atoms with Crippen LogP contribution in [0.5, 0.6) is 0 Å². The van der Waals surface area contributed by atoms with E-state index in [1.165, 1.54) is 11.8 Å². The van der Waals surface area contributed by atoms with Crippen LogP contribution >= 0.6 is 11.8 Å². The van der Waals surface area contributed by atoms with Gasteiger partial charge in [-0.25, -0.2) is 4.79 Å². The third-order valence-corrected chi connectivity index (χ3v) is 4.76. The Bertz CT molecular complexity index is 876. The van der Waals surface area contributed by atoms with Gasteiger partial charge in [0.1, 0.15) is 0 Å². The highest BCUT2D eigenvalue weighted by Gasteiger charge is 2.07. The summed E-state index contributed by atoms with van der Waals surface area (Å²) in [4.78, 5) is 34.9. The van der Waals surface area contributed by atoms with E-state index in [1.807, 2.05) is 32.0 Å². The van der Waals surface area contributed by atoms with E-state index in [0.29, 0.717) is 5.69 Å². The van der Waals surface area contributed by atoms with Crippen molar-refractivity contribution in [1.29, 1.82) is 0 Å². The first-order valence-corrected chi connectivity index (χ1v) is 9.14. The van der Waals surface area contributed by atoms with Gasteiger partial charge in [0, 0.05) is 28.4 Å². The Balaban J connectivity index is 1.85. The highest BCUT2D eigenvalue weighted by Crippen LogP contribution is 2.22. The first-order chi connectivity index (χ1) is 12.8. The maximum absolute atomic E-state index is 12.1. The molecule has 27 heavy (non-hydrogen) atoms. The Morgan fingerprint density at radius 1 is 1.00 bits per heavy atom. The molecule has 6 nitrogen and oxygen atoms in total. The first kappa shape index (κ1) is 20.3. The second kappa shape index (κ2) is 9.59. The van der Waals surface area contributed by atoms with E-state index in [2.05, 4.69) is 10.6 Å². The fourth-order valence-electron chi connectivity index (χ4n) is 2.19. The molecule has 0 unspecified atom stereocenters. The van der Waals surface area contributed by atoms with E-state index in [1.54, 1.807) is 24.3 Å². The van der Waals surface area contributed by atoms with Crippen molar-refractivity contribution in [2.45, 2.75) is 18.7 Å². The minimum atomic E-state index is -1.18. The lowest BCUT2D eigenvalue weighted by Crippen LogP contribution is -2.15. The number of carbonyl (C=O) groups excluding carboxylic acids is 2. The maximum Gasteiger partial charge on any atom is 0.328 e. The van der Waals surface area contributed by atoms with E-state index < -0.39 is 11.9 Å². The van der Waals surface area contributed by atoms with Gasteiger partial charge in [-0.1, -0.05) is 12.1 Å². The van der Waals surface area contributed by atoms with E-state index in [4.69, 9.17) is 5.11 Å². The topological polar surface area (TPSA) is 95.5 Å². The van der Waals surface area contributed by atoms with Gasteiger partial charge in [0.25, 0.3) is 0 Å². The molecule has 7 heteroatoms. The summed E-state index contributed by atoms with van der Waals surface area (Å²) < 4.78 is 0. The number of rotatable bonds is 7. The molecule has 0 aliphatic rings. The maximum atomic E-state index is 12.1. The van der Waals surface area contributed by atoms with Gasteiger partial charge >= 0.3 is 5.97 Å². The van der Waals surface area contributed by atoms with Crippen LogP contribution in [0.3, 0.4) is 0 Å². The first-order valence-electron chi connectivity index (χ1n) is 8.16. The highest BCUT2D eigenvalue weighted by molar-refractivity contribution is 8.00. The zero-order valence-electron chi connectivity index (χ0n) is 15.0. The lowest BCUT2D eigenvalue weighted by molar-refractivity contribution is -0.131. The fourth-order valence-corrected chi connectivity index (χ4v) is 2.89. The minimum absolute atomic E-state index is 0.0927. The highest BCUT2D eigenvalue weighted by atomic mass is 32.2. The van der Waals surface area contributed by atoms with Crippen LogP contribution in [0.15, 0.2) is 59.5 Å². The molecule has 0 aliphatic heterocycles. The summed E-state index contributed by atoms with van der Waals surface area (Å²) in [5.41, 5.74) is 3.52. The molecule has 0 spiro atoms.